The number of H-pyrrole nitrogens is 1. The zero-order valence-corrected chi connectivity index (χ0v) is 17.6. The molecule has 4 aromatic rings. The van der Waals surface area contributed by atoms with Crippen LogP contribution in [0.25, 0.3) is 11.0 Å². The molecule has 0 atom stereocenters. The molecule has 3 heterocycles. The Bertz CT molecular complexity index is 1400. The number of rotatable bonds is 6. The first-order valence-electron chi connectivity index (χ1n) is 9.96. The first-order chi connectivity index (χ1) is 16.1. The molecule has 0 saturated carbocycles. The number of aromatic nitrogens is 3. The Morgan fingerprint density at radius 2 is 1.85 bits per heavy atom. The van der Waals surface area contributed by atoms with Crippen molar-refractivity contribution in [1.29, 1.82) is 0 Å². The average molecular weight is 471 g/mol. The molecule has 0 bridgehead atoms. The number of anilines is 2. The van der Waals surface area contributed by atoms with Crippen LogP contribution >= 0.6 is 0 Å². The first kappa shape index (κ1) is 22.9. The Balaban J connectivity index is 1.47. The molecule has 11 heteroatoms. The van der Waals surface area contributed by atoms with E-state index in [0.717, 1.165) is 17.6 Å². The summed E-state index contributed by atoms with van der Waals surface area (Å²) in [6, 6.07) is 8.14. The summed E-state index contributed by atoms with van der Waals surface area (Å²) < 4.78 is 52.8. The smallest absolute Gasteiger partial charge is 0.380 e. The van der Waals surface area contributed by atoms with E-state index < -0.39 is 23.5 Å². The van der Waals surface area contributed by atoms with Gasteiger partial charge < -0.3 is 15.6 Å². The molecule has 0 aliphatic heterocycles. The molecular weight excluding hydrogens is 454 g/mol. The van der Waals surface area contributed by atoms with E-state index in [4.69, 9.17) is 0 Å². The monoisotopic (exact) mass is 471 g/mol. The van der Waals surface area contributed by atoms with Crippen LogP contribution in [0.5, 0.6) is 0 Å². The normalized spacial score (nSPS) is 11.4. The van der Waals surface area contributed by atoms with E-state index in [2.05, 4.69) is 25.6 Å². The van der Waals surface area contributed by atoms with Crippen LogP contribution < -0.4 is 10.6 Å². The third kappa shape index (κ3) is 5.03. The van der Waals surface area contributed by atoms with Crippen LogP contribution in [0, 0.1) is 5.82 Å². The lowest BCUT2D eigenvalue weighted by Crippen LogP contribution is -2.15. The van der Waals surface area contributed by atoms with Gasteiger partial charge in [-0.1, -0.05) is 6.07 Å². The second kappa shape index (κ2) is 8.93. The van der Waals surface area contributed by atoms with Crippen LogP contribution in [0.2, 0.25) is 0 Å². The lowest BCUT2D eigenvalue weighted by molar-refractivity contribution is -0.137. The van der Waals surface area contributed by atoms with Crippen LogP contribution in [-0.2, 0) is 12.7 Å². The fraction of sp³-hybridized carbons (Fsp3) is 0.130. The van der Waals surface area contributed by atoms with Crippen molar-refractivity contribution < 1.29 is 27.2 Å². The van der Waals surface area contributed by atoms with Crippen molar-refractivity contribution in [3.8, 4) is 0 Å². The van der Waals surface area contributed by atoms with E-state index in [1.165, 1.54) is 19.1 Å². The Hall–Kier alpha value is -4.28. The number of ketones is 1. The predicted octanol–water partition coefficient (Wildman–Crippen LogP) is 5.18. The van der Waals surface area contributed by atoms with Crippen molar-refractivity contribution in [2.75, 3.05) is 10.6 Å². The maximum atomic E-state index is 14.2. The standard InChI is InChI=1S/C23H17F4N5O2/c1-12(33)19-7-14-6-17(11-30-21(14)31-19)29-8-13-2-3-18(24)20(4-13)32-22(34)15-5-16(10-28-9-15)23(25,26)27/h2-7,9-11,29H,8H2,1H3,(H,30,31)(H,32,34). The molecule has 1 amide bonds. The summed E-state index contributed by atoms with van der Waals surface area (Å²) in [4.78, 5) is 34.5. The molecule has 34 heavy (non-hydrogen) atoms. The number of fused-ring (bicyclic) bond motifs is 1. The summed E-state index contributed by atoms with van der Waals surface area (Å²) in [7, 11) is 0. The number of nitrogens with one attached hydrogen (secondary N) is 3. The molecule has 1 aromatic carbocycles. The number of pyridine rings is 2. The van der Waals surface area contributed by atoms with E-state index in [1.54, 1.807) is 18.3 Å². The highest BCUT2D eigenvalue weighted by Gasteiger charge is 2.31. The molecule has 0 aliphatic carbocycles. The maximum Gasteiger partial charge on any atom is 0.417 e. The Kier molecular flexibility index (Phi) is 6.01. The zero-order valence-electron chi connectivity index (χ0n) is 17.6. The molecule has 0 spiro atoms. The van der Waals surface area contributed by atoms with Crippen LogP contribution in [0.3, 0.4) is 0 Å². The topological polar surface area (TPSA) is 99.8 Å². The van der Waals surface area contributed by atoms with Gasteiger partial charge in [0.25, 0.3) is 5.91 Å². The van der Waals surface area contributed by atoms with E-state index >= 15 is 0 Å². The van der Waals surface area contributed by atoms with Crippen molar-refractivity contribution in [2.24, 2.45) is 0 Å². The molecule has 0 aliphatic rings. The van der Waals surface area contributed by atoms with E-state index in [-0.39, 0.29) is 23.6 Å². The summed E-state index contributed by atoms with van der Waals surface area (Å²) in [5.41, 5.74) is 0.618. The number of Topliss-reactive ketones (excluding diaryl/α,β-unsaturated/α-hetero) is 1. The summed E-state index contributed by atoms with van der Waals surface area (Å²) >= 11 is 0. The molecule has 4 rings (SSSR count). The second-order valence-electron chi connectivity index (χ2n) is 7.48. The highest BCUT2D eigenvalue weighted by Crippen LogP contribution is 2.29. The van der Waals surface area contributed by atoms with Gasteiger partial charge in [0, 0.05) is 31.2 Å². The molecular formula is C23H17F4N5O2. The van der Waals surface area contributed by atoms with Crippen molar-refractivity contribution >= 4 is 34.1 Å². The predicted molar refractivity (Wildman–Crippen MR) is 117 cm³/mol. The average Bonchev–Trinajstić information content (AvgIpc) is 3.23. The van der Waals surface area contributed by atoms with Gasteiger partial charge in [0.05, 0.1) is 34.4 Å². The summed E-state index contributed by atoms with van der Waals surface area (Å²) in [5, 5.41) is 6.13. The van der Waals surface area contributed by atoms with Gasteiger partial charge in [-0.15, -0.1) is 0 Å². The van der Waals surface area contributed by atoms with Gasteiger partial charge in [-0.25, -0.2) is 9.37 Å². The lowest BCUT2D eigenvalue weighted by Gasteiger charge is -2.11. The van der Waals surface area contributed by atoms with E-state index in [9.17, 15) is 27.2 Å². The van der Waals surface area contributed by atoms with Crippen molar-refractivity contribution in [3.63, 3.8) is 0 Å². The molecule has 3 N–H and O–H groups in total. The van der Waals surface area contributed by atoms with E-state index in [0.29, 0.717) is 34.9 Å². The first-order valence-corrected chi connectivity index (χ1v) is 9.96. The summed E-state index contributed by atoms with van der Waals surface area (Å²) in [6.45, 7) is 1.68. The third-order valence-corrected chi connectivity index (χ3v) is 4.95. The molecule has 0 saturated heterocycles. The molecule has 0 fully saturated rings. The van der Waals surface area contributed by atoms with E-state index in [1.807, 2.05) is 0 Å². The molecule has 3 aromatic heterocycles. The minimum Gasteiger partial charge on any atom is -0.380 e. The maximum absolute atomic E-state index is 14.2. The number of hydrogen-bond donors (Lipinski definition) is 3. The number of carbonyl (C=O) groups excluding carboxylic acids is 2. The minimum absolute atomic E-state index is 0.116. The number of amides is 1. The van der Waals surface area contributed by atoms with Gasteiger partial charge in [0.15, 0.2) is 5.78 Å². The number of alkyl halides is 3. The van der Waals surface area contributed by atoms with Gasteiger partial charge in [0.2, 0.25) is 0 Å². The molecule has 174 valence electrons. The number of nitrogens with zero attached hydrogens (tertiary/aromatic N) is 2. The highest BCUT2D eigenvalue weighted by atomic mass is 19.4. The SMILES string of the molecule is CC(=O)c1cc2cc(NCc3ccc(F)c(NC(=O)c4cncc(C(F)(F)F)c4)c3)cnc2[nH]1. The quantitative estimate of drug-likeness (QED) is 0.266. The highest BCUT2D eigenvalue weighted by molar-refractivity contribution is 6.04. The van der Waals surface area contributed by atoms with Crippen LogP contribution in [0.1, 0.15) is 38.9 Å². The summed E-state index contributed by atoms with van der Waals surface area (Å²) in [6.07, 6.45) is -1.53. The lowest BCUT2D eigenvalue weighted by atomic mass is 10.1. The van der Waals surface area contributed by atoms with Gasteiger partial charge >= 0.3 is 6.18 Å². The van der Waals surface area contributed by atoms with Gasteiger partial charge in [-0.3, -0.25) is 14.6 Å². The van der Waals surface area contributed by atoms with Crippen LogP contribution in [0.15, 0.2) is 55.0 Å². The molecule has 7 nitrogen and oxygen atoms in total. The largest absolute Gasteiger partial charge is 0.417 e. The number of carbonyl (C=O) groups is 2. The molecule has 0 radical (unpaired) electrons. The Morgan fingerprint density at radius 1 is 1.06 bits per heavy atom. The third-order valence-electron chi connectivity index (χ3n) is 4.95. The number of halogens is 4. The van der Waals surface area contributed by atoms with Gasteiger partial charge in [-0.2, -0.15) is 13.2 Å². The fourth-order valence-corrected chi connectivity index (χ4v) is 3.20. The van der Waals surface area contributed by atoms with Crippen molar-refractivity contribution in [3.05, 3.63) is 83.2 Å². The zero-order chi connectivity index (χ0) is 24.5. The fourth-order valence-electron chi connectivity index (χ4n) is 3.20. The van der Waals surface area contributed by atoms with Gasteiger partial charge in [0.1, 0.15) is 11.5 Å². The number of aromatic amines is 1. The number of benzene rings is 1. The molecule has 0 unspecified atom stereocenters. The second-order valence-corrected chi connectivity index (χ2v) is 7.48. The Morgan fingerprint density at radius 3 is 2.59 bits per heavy atom. The van der Waals surface area contributed by atoms with Crippen molar-refractivity contribution in [1.82, 2.24) is 15.0 Å². The van der Waals surface area contributed by atoms with Crippen LogP contribution in [0.4, 0.5) is 28.9 Å². The van der Waals surface area contributed by atoms with Crippen LogP contribution in [-0.4, -0.2) is 26.6 Å². The Labute approximate surface area is 190 Å². The summed E-state index contributed by atoms with van der Waals surface area (Å²) in [5.74, 6) is -1.79. The van der Waals surface area contributed by atoms with Crippen molar-refractivity contribution in [2.45, 2.75) is 19.6 Å². The number of hydrogen-bond acceptors (Lipinski definition) is 5. The van der Waals surface area contributed by atoms with Gasteiger partial charge in [-0.05, 0) is 35.9 Å². The minimum atomic E-state index is -4.66.